The molecule has 4 fully saturated rings. The highest BCUT2D eigenvalue weighted by atomic mass is 16.5. The van der Waals surface area contributed by atoms with Gasteiger partial charge in [0.25, 0.3) is 0 Å². The van der Waals surface area contributed by atoms with E-state index in [2.05, 4.69) is 0 Å². The molecule has 0 aromatic heterocycles. The van der Waals surface area contributed by atoms with E-state index in [-0.39, 0.29) is 16.8 Å². The van der Waals surface area contributed by atoms with E-state index in [1.54, 1.807) is 0 Å². The molecule has 0 amide bonds. The van der Waals surface area contributed by atoms with E-state index in [1.807, 2.05) is 27.7 Å². The van der Waals surface area contributed by atoms with Gasteiger partial charge in [-0.05, 0) is 77.0 Å². The van der Waals surface area contributed by atoms with E-state index < -0.39 is 5.60 Å². The number of hydrogen-bond donors (Lipinski definition) is 1. The Balaban J connectivity index is 1.69. The Morgan fingerprint density at radius 2 is 1.81 bits per heavy atom. The molecule has 4 aliphatic rings. The Hall–Kier alpha value is -0.570. The number of hydrogen-bond acceptors (Lipinski definition) is 3. The molecule has 4 saturated carbocycles. The molecule has 0 heterocycles. The van der Waals surface area contributed by atoms with Gasteiger partial charge in [0.2, 0.25) is 0 Å². The predicted octanol–water partition coefficient (Wildman–Crippen LogP) is 3.54. The average molecular weight is 294 g/mol. The minimum Gasteiger partial charge on any atom is -0.465 e. The summed E-state index contributed by atoms with van der Waals surface area (Å²) in [7, 11) is 0. The lowest BCUT2D eigenvalue weighted by molar-refractivity contribution is -0.207. The molecule has 0 saturated heterocycles. The Bertz CT molecular complexity index is 420. The van der Waals surface area contributed by atoms with Crippen molar-refractivity contribution in [2.75, 3.05) is 6.61 Å². The minimum atomic E-state index is -0.493. The van der Waals surface area contributed by atoms with Gasteiger partial charge in [0, 0.05) is 5.41 Å². The van der Waals surface area contributed by atoms with Crippen LogP contribution in [0, 0.1) is 28.6 Å². The van der Waals surface area contributed by atoms with Crippen molar-refractivity contribution in [1.29, 1.82) is 0 Å². The van der Waals surface area contributed by atoms with Crippen LogP contribution >= 0.6 is 0 Å². The first-order valence-corrected chi connectivity index (χ1v) is 8.58. The molecule has 21 heavy (non-hydrogen) atoms. The lowest BCUT2D eigenvalue weighted by Crippen LogP contribution is -2.60. The molecule has 0 aliphatic heterocycles. The second-order valence-corrected chi connectivity index (χ2v) is 8.88. The predicted molar refractivity (Wildman–Crippen MR) is 81.6 cm³/mol. The Kier molecular flexibility index (Phi) is 3.44. The topological polar surface area (TPSA) is 46.5 Å². The van der Waals surface area contributed by atoms with Gasteiger partial charge in [0.1, 0.15) is 0 Å². The third-order valence-corrected chi connectivity index (χ3v) is 6.92. The van der Waals surface area contributed by atoms with E-state index in [0.717, 1.165) is 25.2 Å². The fourth-order valence-electron chi connectivity index (χ4n) is 5.10. The van der Waals surface area contributed by atoms with Crippen LogP contribution in [-0.4, -0.2) is 23.3 Å². The summed E-state index contributed by atoms with van der Waals surface area (Å²) in [4.78, 5) is 12.2. The van der Waals surface area contributed by atoms with Crippen molar-refractivity contribution < 1.29 is 14.6 Å². The van der Waals surface area contributed by atoms with Crippen LogP contribution in [-0.2, 0) is 9.53 Å². The first-order chi connectivity index (χ1) is 9.68. The summed E-state index contributed by atoms with van der Waals surface area (Å²) >= 11 is 0. The summed E-state index contributed by atoms with van der Waals surface area (Å²) in [5.41, 5.74) is -0.723. The molecule has 4 bridgehead atoms. The fourth-order valence-corrected chi connectivity index (χ4v) is 5.10. The van der Waals surface area contributed by atoms with Gasteiger partial charge in [-0.3, -0.25) is 4.79 Å². The van der Waals surface area contributed by atoms with Crippen molar-refractivity contribution in [2.24, 2.45) is 28.6 Å². The molecular weight excluding hydrogens is 264 g/mol. The van der Waals surface area contributed by atoms with Crippen LogP contribution in [0.25, 0.3) is 0 Å². The number of carbonyl (C=O) groups is 1. The van der Waals surface area contributed by atoms with Gasteiger partial charge in [-0.15, -0.1) is 0 Å². The van der Waals surface area contributed by atoms with E-state index >= 15 is 0 Å². The van der Waals surface area contributed by atoms with Crippen LogP contribution in [0.15, 0.2) is 0 Å². The van der Waals surface area contributed by atoms with Crippen molar-refractivity contribution in [3.8, 4) is 0 Å². The molecule has 0 aromatic rings. The highest BCUT2D eigenvalue weighted by Crippen LogP contribution is 2.63. The number of rotatable bonds is 4. The molecule has 0 radical (unpaired) electrons. The SMILES string of the molecule is CCC(C)(C)C(=O)OCC12CC3CC(C1)C(C)(O)C(C3)C2. The minimum absolute atomic E-state index is 0.0625. The highest BCUT2D eigenvalue weighted by Gasteiger charge is 2.60. The van der Waals surface area contributed by atoms with Crippen molar-refractivity contribution >= 4 is 5.97 Å². The van der Waals surface area contributed by atoms with Gasteiger partial charge in [-0.1, -0.05) is 6.92 Å². The van der Waals surface area contributed by atoms with Gasteiger partial charge in [-0.25, -0.2) is 0 Å². The van der Waals surface area contributed by atoms with Gasteiger partial charge in [-0.2, -0.15) is 0 Å². The number of ether oxygens (including phenoxy) is 1. The Morgan fingerprint density at radius 1 is 1.24 bits per heavy atom. The van der Waals surface area contributed by atoms with Crippen molar-refractivity contribution in [3.05, 3.63) is 0 Å². The van der Waals surface area contributed by atoms with Crippen molar-refractivity contribution in [2.45, 2.75) is 71.8 Å². The van der Waals surface area contributed by atoms with Crippen LogP contribution in [0.5, 0.6) is 0 Å². The fraction of sp³-hybridized carbons (Fsp3) is 0.944. The summed E-state index contributed by atoms with van der Waals surface area (Å²) < 4.78 is 5.73. The second kappa shape index (κ2) is 4.71. The number of esters is 1. The molecule has 2 unspecified atom stereocenters. The smallest absolute Gasteiger partial charge is 0.311 e. The molecule has 2 atom stereocenters. The summed E-state index contributed by atoms with van der Waals surface area (Å²) in [5.74, 6) is 1.48. The van der Waals surface area contributed by atoms with Crippen LogP contribution in [0.1, 0.15) is 66.2 Å². The summed E-state index contributed by atoms with van der Waals surface area (Å²) in [6, 6.07) is 0. The van der Waals surface area contributed by atoms with Crippen LogP contribution in [0.2, 0.25) is 0 Å². The molecule has 4 aliphatic carbocycles. The molecule has 1 N–H and O–H groups in total. The van der Waals surface area contributed by atoms with Gasteiger partial charge in [0.05, 0.1) is 17.6 Å². The summed E-state index contributed by atoms with van der Waals surface area (Å²) in [6.07, 6.45) is 6.40. The van der Waals surface area contributed by atoms with Crippen LogP contribution in [0.3, 0.4) is 0 Å². The third kappa shape index (κ3) is 2.42. The molecule has 3 nitrogen and oxygen atoms in total. The highest BCUT2D eigenvalue weighted by molar-refractivity contribution is 5.75. The average Bonchev–Trinajstić information content (AvgIpc) is 2.42. The molecule has 4 rings (SSSR count). The number of carbonyl (C=O) groups excluding carboxylic acids is 1. The number of aliphatic hydroxyl groups is 1. The van der Waals surface area contributed by atoms with E-state index in [0.29, 0.717) is 18.4 Å². The summed E-state index contributed by atoms with van der Waals surface area (Å²) in [5, 5.41) is 10.7. The molecular formula is C18H30O3. The maximum atomic E-state index is 12.2. The van der Waals surface area contributed by atoms with Gasteiger partial charge in [0.15, 0.2) is 0 Å². The normalized spacial score (nSPS) is 44.9. The quantitative estimate of drug-likeness (QED) is 0.807. The van der Waals surface area contributed by atoms with Crippen molar-refractivity contribution in [1.82, 2.24) is 0 Å². The molecule has 120 valence electrons. The standard InChI is InChI=1S/C18H30O3/c1-5-16(2,3)15(19)21-11-18-8-12-6-13(9-18)17(4,20)14(7-12)10-18/h12-14,20H,5-11H2,1-4H3. The molecule has 0 spiro atoms. The maximum Gasteiger partial charge on any atom is 0.311 e. The van der Waals surface area contributed by atoms with Gasteiger partial charge < -0.3 is 9.84 Å². The molecule has 0 aromatic carbocycles. The van der Waals surface area contributed by atoms with Gasteiger partial charge >= 0.3 is 5.97 Å². The third-order valence-electron chi connectivity index (χ3n) is 6.92. The van der Waals surface area contributed by atoms with E-state index in [4.69, 9.17) is 4.74 Å². The molecule has 3 heteroatoms. The lowest BCUT2D eigenvalue weighted by atomic mass is 9.45. The lowest BCUT2D eigenvalue weighted by Gasteiger charge is -2.62. The zero-order valence-corrected chi connectivity index (χ0v) is 13.9. The van der Waals surface area contributed by atoms with Crippen LogP contribution in [0.4, 0.5) is 0 Å². The maximum absolute atomic E-state index is 12.2. The zero-order valence-electron chi connectivity index (χ0n) is 13.9. The first-order valence-electron chi connectivity index (χ1n) is 8.58. The van der Waals surface area contributed by atoms with E-state index in [1.165, 1.54) is 19.3 Å². The van der Waals surface area contributed by atoms with E-state index in [9.17, 15) is 9.90 Å². The summed E-state index contributed by atoms with van der Waals surface area (Å²) in [6.45, 7) is 8.54. The second-order valence-electron chi connectivity index (χ2n) is 8.88. The Labute approximate surface area is 128 Å². The Morgan fingerprint density at radius 3 is 2.33 bits per heavy atom. The zero-order chi connectivity index (χ0) is 15.5. The van der Waals surface area contributed by atoms with Crippen LogP contribution < -0.4 is 0 Å². The largest absolute Gasteiger partial charge is 0.465 e. The first kappa shape index (κ1) is 15.3. The van der Waals surface area contributed by atoms with Crippen molar-refractivity contribution in [3.63, 3.8) is 0 Å². The monoisotopic (exact) mass is 294 g/mol.